The second-order valence-electron chi connectivity index (χ2n) is 1.06. The van der Waals surface area contributed by atoms with E-state index in [-0.39, 0.29) is 24.0 Å². The van der Waals surface area contributed by atoms with Crippen molar-refractivity contribution < 1.29 is 5.11 Å². The monoisotopic (exact) mass is 103 g/mol. The molecule has 0 aromatic carbocycles. The highest BCUT2D eigenvalue weighted by Gasteiger charge is 1.71. The Morgan fingerprint density at radius 2 is 2.00 bits per heavy atom. The molecule has 0 saturated heterocycles. The van der Waals surface area contributed by atoms with Gasteiger partial charge in [0.1, 0.15) is 0 Å². The van der Waals surface area contributed by atoms with Crippen molar-refractivity contribution in [2.45, 2.75) is 19.8 Å². The van der Waals surface area contributed by atoms with Crippen molar-refractivity contribution in [1.82, 2.24) is 0 Å². The summed E-state index contributed by atoms with van der Waals surface area (Å²) in [5.41, 5.74) is 0. The topological polar surface area (TPSA) is 19.9 Å². The van der Waals surface area contributed by atoms with Gasteiger partial charge < -0.3 is 0 Å². The third-order valence-corrected chi connectivity index (χ3v) is 0.498. The molecule has 1 radical (unpaired) electrons. The maximum atomic E-state index is 9.53. The minimum Gasteiger partial charge on any atom is -0.237 e. The van der Waals surface area contributed by atoms with Crippen LogP contribution in [0.3, 0.4) is 0 Å². The maximum absolute atomic E-state index is 9.53. The van der Waals surface area contributed by atoms with E-state index in [0.717, 1.165) is 12.8 Å². The molecule has 0 aromatic heterocycles. The van der Waals surface area contributed by atoms with E-state index >= 15 is 0 Å². The summed E-state index contributed by atoms with van der Waals surface area (Å²) in [5, 5.41) is 9.53. The lowest BCUT2D eigenvalue weighted by Gasteiger charge is -1.76. The lowest BCUT2D eigenvalue weighted by molar-refractivity contribution is 0.188. The summed E-state index contributed by atoms with van der Waals surface area (Å²) < 4.78 is 0. The van der Waals surface area contributed by atoms with E-state index in [1.807, 2.05) is 6.92 Å². The third-order valence-electron chi connectivity index (χ3n) is 0.498. The summed E-state index contributed by atoms with van der Waals surface area (Å²) in [6, 6.07) is 0. The van der Waals surface area contributed by atoms with Crippen LogP contribution in [0, 0.1) is 0 Å². The van der Waals surface area contributed by atoms with Crippen LogP contribution < -0.4 is 0 Å². The molecular weight excluding hydrogens is 91.0 g/mol. The Bertz CT molecular complexity index is 15.0. The van der Waals surface area contributed by atoms with Gasteiger partial charge in [-0.3, -0.25) is 0 Å². The first-order valence-electron chi connectivity index (χ1n) is 2.00. The van der Waals surface area contributed by atoms with Gasteiger partial charge in [-0.1, -0.05) is 13.3 Å². The fraction of sp³-hybridized carbons (Fsp3) is 1.00. The average molecular weight is 103 g/mol. The summed E-state index contributed by atoms with van der Waals surface area (Å²) >= 11 is 0. The van der Waals surface area contributed by atoms with Crippen LogP contribution in [-0.2, 0) is 5.11 Å². The van der Waals surface area contributed by atoms with Gasteiger partial charge in [-0.05, 0) is 6.42 Å². The minimum atomic E-state index is 0. The minimum absolute atomic E-state index is 0. The fourth-order valence-corrected chi connectivity index (χ4v) is 0.144. The quantitative estimate of drug-likeness (QED) is 0.439. The Morgan fingerprint density at radius 3 is 2.00 bits per heavy atom. The highest BCUT2D eigenvalue weighted by molar-refractivity contribution is 5.75. The smallest absolute Gasteiger partial charge is 0.187 e. The van der Waals surface area contributed by atoms with E-state index in [1.165, 1.54) is 0 Å². The molecule has 6 heavy (non-hydrogen) atoms. The molecule has 0 unspecified atom stereocenters. The van der Waals surface area contributed by atoms with Crippen molar-refractivity contribution in [1.29, 1.82) is 0 Å². The molecule has 0 spiro atoms. The molecule has 0 aliphatic heterocycles. The van der Waals surface area contributed by atoms with Crippen molar-refractivity contribution in [2.24, 2.45) is 0 Å². The van der Waals surface area contributed by atoms with E-state index in [2.05, 4.69) is 0 Å². The zero-order chi connectivity index (χ0) is 4.12. The van der Waals surface area contributed by atoms with E-state index in [4.69, 9.17) is 0 Å². The molecule has 1 nitrogen and oxygen atoms in total. The summed E-state index contributed by atoms with van der Waals surface area (Å²) in [7, 11) is 0. The van der Waals surface area contributed by atoms with Crippen LogP contribution in [0.4, 0.5) is 0 Å². The highest BCUT2D eigenvalue weighted by atomic mass is 27.0. The summed E-state index contributed by atoms with van der Waals surface area (Å²) in [5.74, 6) is 0. The van der Waals surface area contributed by atoms with Gasteiger partial charge in [0.15, 0.2) is 17.4 Å². The van der Waals surface area contributed by atoms with Crippen LogP contribution in [0.5, 0.6) is 0 Å². The van der Waals surface area contributed by atoms with Crippen LogP contribution in [0.15, 0.2) is 0 Å². The Kier molecular flexibility index (Phi) is 14.7. The van der Waals surface area contributed by atoms with Crippen molar-refractivity contribution in [3.8, 4) is 0 Å². The summed E-state index contributed by atoms with van der Waals surface area (Å²) in [6.07, 6.45) is 1.86. The van der Waals surface area contributed by atoms with Gasteiger partial charge in [0.05, 0.1) is 6.61 Å². The van der Waals surface area contributed by atoms with Crippen LogP contribution in [0.1, 0.15) is 19.8 Å². The fourth-order valence-electron chi connectivity index (χ4n) is 0.144. The Morgan fingerprint density at radius 1 is 1.50 bits per heavy atom. The Balaban J connectivity index is 0. The SMILES string of the molecule is CCCC[O].[AlH3]. The second kappa shape index (κ2) is 9.09. The van der Waals surface area contributed by atoms with Crippen molar-refractivity contribution in [2.75, 3.05) is 6.61 Å². The number of unbranched alkanes of at least 4 members (excludes halogenated alkanes) is 1. The first-order valence-corrected chi connectivity index (χ1v) is 2.00. The predicted molar refractivity (Wildman–Crippen MR) is 30.4 cm³/mol. The van der Waals surface area contributed by atoms with E-state index < -0.39 is 0 Å². The molecule has 0 heterocycles. The lowest BCUT2D eigenvalue weighted by Crippen LogP contribution is -1.72. The molecule has 0 saturated carbocycles. The molecule has 0 aromatic rings. The normalized spacial score (nSPS) is 7.00. The van der Waals surface area contributed by atoms with E-state index in [1.54, 1.807) is 0 Å². The van der Waals surface area contributed by atoms with Gasteiger partial charge in [0.25, 0.3) is 0 Å². The standard InChI is InChI=1S/C4H9O.Al.3H/c1-2-3-4-5;;;;/h2-4H2,1H3;;;;. The first kappa shape index (κ1) is 9.70. The zero-order valence-corrected chi connectivity index (χ0v) is 3.53. The average Bonchev–Trinajstić information content (AvgIpc) is 1.41. The van der Waals surface area contributed by atoms with Crippen LogP contribution >= 0.6 is 0 Å². The van der Waals surface area contributed by atoms with Crippen molar-refractivity contribution in [3.05, 3.63) is 0 Å². The largest absolute Gasteiger partial charge is 0.237 e. The number of rotatable bonds is 2. The van der Waals surface area contributed by atoms with Gasteiger partial charge in [0, 0.05) is 0 Å². The molecule has 0 atom stereocenters. The van der Waals surface area contributed by atoms with Crippen molar-refractivity contribution >= 4 is 17.4 Å². The molecular formula is C4H12AlO. The number of hydrogen-bond donors (Lipinski definition) is 0. The third kappa shape index (κ3) is 8.82. The molecule has 0 aliphatic carbocycles. The molecule has 37 valence electrons. The Hall–Kier alpha value is 0.492. The van der Waals surface area contributed by atoms with Gasteiger partial charge in [-0.25, -0.2) is 5.11 Å². The highest BCUT2D eigenvalue weighted by Crippen LogP contribution is 1.79. The first-order chi connectivity index (χ1) is 2.41. The molecule has 0 bridgehead atoms. The molecule has 0 fully saturated rings. The van der Waals surface area contributed by atoms with E-state index in [0.29, 0.717) is 0 Å². The van der Waals surface area contributed by atoms with Crippen molar-refractivity contribution in [3.63, 3.8) is 0 Å². The van der Waals surface area contributed by atoms with Gasteiger partial charge in [0.2, 0.25) is 0 Å². The predicted octanol–water partition coefficient (Wildman–Crippen LogP) is 0.0331. The molecule has 0 rings (SSSR count). The van der Waals surface area contributed by atoms with Gasteiger partial charge in [-0.2, -0.15) is 0 Å². The molecule has 0 aliphatic rings. The van der Waals surface area contributed by atoms with Crippen LogP contribution in [-0.4, -0.2) is 24.0 Å². The zero-order valence-electron chi connectivity index (χ0n) is 3.53. The van der Waals surface area contributed by atoms with Gasteiger partial charge in [-0.15, -0.1) is 0 Å². The van der Waals surface area contributed by atoms with Crippen LogP contribution in [0.2, 0.25) is 0 Å². The molecule has 2 heteroatoms. The lowest BCUT2D eigenvalue weighted by atomic mass is 10.4. The van der Waals surface area contributed by atoms with E-state index in [9.17, 15) is 5.11 Å². The second-order valence-corrected chi connectivity index (χ2v) is 1.06. The van der Waals surface area contributed by atoms with Crippen LogP contribution in [0.25, 0.3) is 0 Å². The molecule has 0 N–H and O–H groups in total. The molecule has 0 amide bonds. The maximum Gasteiger partial charge on any atom is 0.187 e. The van der Waals surface area contributed by atoms with Gasteiger partial charge >= 0.3 is 0 Å². The Labute approximate surface area is 49.5 Å². The number of hydrogen-bond acceptors (Lipinski definition) is 0. The summed E-state index contributed by atoms with van der Waals surface area (Å²) in [6.45, 7) is 2.11. The summed E-state index contributed by atoms with van der Waals surface area (Å²) in [4.78, 5) is 0.